The van der Waals surface area contributed by atoms with Crippen molar-refractivity contribution in [2.45, 2.75) is 32.7 Å². The molecule has 1 N–H and O–H groups in total. The maximum absolute atomic E-state index is 12.3. The summed E-state index contributed by atoms with van der Waals surface area (Å²) in [5.41, 5.74) is 1.88. The van der Waals surface area contributed by atoms with Crippen molar-refractivity contribution in [3.8, 4) is 0 Å². The average molecular weight is 282 g/mol. The molecule has 0 unspecified atom stereocenters. The Kier molecular flexibility index (Phi) is 4.47. The van der Waals surface area contributed by atoms with Crippen molar-refractivity contribution in [2.75, 3.05) is 23.1 Å². The maximum Gasteiger partial charge on any atom is 0.236 e. The average Bonchev–Trinajstić information content (AvgIpc) is 3.16. The molecule has 0 radical (unpaired) electrons. The van der Waals surface area contributed by atoms with Crippen LogP contribution in [0.3, 0.4) is 0 Å². The van der Waals surface area contributed by atoms with Gasteiger partial charge < -0.3 is 5.32 Å². The van der Waals surface area contributed by atoms with Crippen LogP contribution in [0.25, 0.3) is 0 Å². The minimum atomic E-state index is -3.24. The molecule has 19 heavy (non-hydrogen) atoms. The lowest BCUT2D eigenvalue weighted by Crippen LogP contribution is -2.36. The zero-order chi connectivity index (χ0) is 13.9. The zero-order valence-corrected chi connectivity index (χ0v) is 12.4. The molecule has 0 aliphatic heterocycles. The molecule has 0 saturated heterocycles. The summed E-state index contributed by atoms with van der Waals surface area (Å²) in [4.78, 5) is 0. The number of aryl methyl sites for hydroxylation is 1. The van der Waals surface area contributed by atoms with Gasteiger partial charge in [-0.3, -0.25) is 4.31 Å². The Morgan fingerprint density at radius 2 is 1.89 bits per heavy atom. The molecule has 1 saturated carbocycles. The van der Waals surface area contributed by atoms with Crippen molar-refractivity contribution in [3.63, 3.8) is 0 Å². The summed E-state index contributed by atoms with van der Waals surface area (Å²) in [6.07, 6.45) is 2.35. The van der Waals surface area contributed by atoms with Gasteiger partial charge in [0.25, 0.3) is 0 Å². The number of benzene rings is 1. The molecule has 1 aliphatic rings. The molecule has 0 amide bonds. The summed E-state index contributed by atoms with van der Waals surface area (Å²) in [5, 5.41) is 3.25. The molecule has 1 fully saturated rings. The second-order valence-electron chi connectivity index (χ2n) is 5.04. The summed E-state index contributed by atoms with van der Waals surface area (Å²) < 4.78 is 26.2. The molecular formula is C14H22N2O2S. The second kappa shape index (κ2) is 5.92. The first-order valence-corrected chi connectivity index (χ1v) is 8.44. The molecule has 5 heteroatoms. The molecule has 4 nitrogen and oxygen atoms in total. The topological polar surface area (TPSA) is 49.4 Å². The maximum atomic E-state index is 12.3. The van der Waals surface area contributed by atoms with Crippen molar-refractivity contribution < 1.29 is 8.42 Å². The van der Waals surface area contributed by atoms with Crippen LogP contribution in [0, 0.1) is 6.92 Å². The van der Waals surface area contributed by atoms with Gasteiger partial charge in [0.15, 0.2) is 0 Å². The lowest BCUT2D eigenvalue weighted by Gasteiger charge is -2.23. The first-order valence-electron chi connectivity index (χ1n) is 6.83. The highest BCUT2D eigenvalue weighted by atomic mass is 32.2. The van der Waals surface area contributed by atoms with E-state index in [1.54, 1.807) is 0 Å². The van der Waals surface area contributed by atoms with Crippen LogP contribution in [-0.4, -0.2) is 33.3 Å². The van der Waals surface area contributed by atoms with Crippen molar-refractivity contribution >= 4 is 15.7 Å². The highest BCUT2D eigenvalue weighted by Crippen LogP contribution is 2.20. The van der Waals surface area contributed by atoms with Gasteiger partial charge >= 0.3 is 0 Å². The Balaban J connectivity index is 2.03. The third-order valence-corrected chi connectivity index (χ3v) is 5.18. The van der Waals surface area contributed by atoms with Gasteiger partial charge in [-0.25, -0.2) is 8.42 Å². The lowest BCUT2D eigenvalue weighted by atomic mass is 10.2. The van der Waals surface area contributed by atoms with Crippen molar-refractivity contribution in [3.05, 3.63) is 29.8 Å². The highest BCUT2D eigenvalue weighted by molar-refractivity contribution is 7.92. The molecule has 106 valence electrons. The first-order chi connectivity index (χ1) is 9.03. The monoisotopic (exact) mass is 282 g/mol. The van der Waals surface area contributed by atoms with Crippen LogP contribution in [0.5, 0.6) is 0 Å². The van der Waals surface area contributed by atoms with Gasteiger partial charge in [0.2, 0.25) is 10.0 Å². The van der Waals surface area contributed by atoms with E-state index in [2.05, 4.69) is 5.32 Å². The van der Waals surface area contributed by atoms with Gasteiger partial charge in [-0.15, -0.1) is 0 Å². The Morgan fingerprint density at radius 1 is 1.26 bits per heavy atom. The fourth-order valence-electron chi connectivity index (χ4n) is 2.04. The van der Waals surface area contributed by atoms with E-state index in [0.717, 1.165) is 11.3 Å². The Morgan fingerprint density at radius 3 is 2.42 bits per heavy atom. The number of nitrogens with one attached hydrogen (secondary N) is 1. The van der Waals surface area contributed by atoms with E-state index in [4.69, 9.17) is 0 Å². The van der Waals surface area contributed by atoms with Gasteiger partial charge in [-0.1, -0.05) is 17.7 Å². The minimum Gasteiger partial charge on any atom is -0.313 e. The van der Waals surface area contributed by atoms with Crippen molar-refractivity contribution in [1.29, 1.82) is 0 Å². The quantitative estimate of drug-likeness (QED) is 0.831. The third kappa shape index (κ3) is 3.94. The van der Waals surface area contributed by atoms with E-state index in [1.165, 1.54) is 17.1 Å². The number of hydrogen-bond donors (Lipinski definition) is 1. The van der Waals surface area contributed by atoms with E-state index in [1.807, 2.05) is 38.1 Å². The Labute approximate surface area is 115 Å². The predicted octanol–water partition coefficient (Wildman–Crippen LogP) is 1.90. The van der Waals surface area contributed by atoms with Crippen molar-refractivity contribution in [2.24, 2.45) is 0 Å². The van der Waals surface area contributed by atoms with Crippen LogP contribution in [0.15, 0.2) is 24.3 Å². The highest BCUT2D eigenvalue weighted by Gasteiger charge is 2.24. The SMILES string of the molecule is CCN(c1ccc(C)cc1)S(=O)(=O)CCNC1CC1. The molecule has 0 aromatic heterocycles. The van der Waals surface area contributed by atoms with E-state index in [9.17, 15) is 8.42 Å². The van der Waals surface area contributed by atoms with Gasteiger partial charge in [0.05, 0.1) is 11.4 Å². The standard InChI is InChI=1S/C14H22N2O2S/c1-3-16(14-8-4-12(2)5-9-14)19(17,18)11-10-15-13-6-7-13/h4-5,8-9,13,15H,3,6-7,10-11H2,1-2H3. The number of sulfonamides is 1. The van der Waals surface area contributed by atoms with E-state index >= 15 is 0 Å². The van der Waals surface area contributed by atoms with E-state index < -0.39 is 10.0 Å². The normalized spacial score (nSPS) is 15.5. The summed E-state index contributed by atoms with van der Waals surface area (Å²) in [5.74, 6) is 0.158. The van der Waals surface area contributed by atoms with Gasteiger partial charge in [-0.05, 0) is 38.8 Å². The summed E-state index contributed by atoms with van der Waals surface area (Å²) in [6.45, 7) is 4.87. The summed E-state index contributed by atoms with van der Waals surface area (Å²) in [7, 11) is -3.24. The second-order valence-corrected chi connectivity index (χ2v) is 7.06. The van der Waals surface area contributed by atoms with Crippen LogP contribution < -0.4 is 9.62 Å². The fraction of sp³-hybridized carbons (Fsp3) is 0.571. The van der Waals surface area contributed by atoms with Gasteiger partial charge in [0, 0.05) is 19.1 Å². The van der Waals surface area contributed by atoms with Gasteiger partial charge in [0.1, 0.15) is 0 Å². The Bertz CT molecular complexity index is 507. The molecule has 0 bridgehead atoms. The smallest absolute Gasteiger partial charge is 0.236 e. The number of rotatable bonds is 7. The van der Waals surface area contributed by atoms with E-state index in [0.29, 0.717) is 19.1 Å². The number of nitrogens with zero attached hydrogens (tertiary/aromatic N) is 1. The Hall–Kier alpha value is -1.07. The van der Waals surface area contributed by atoms with Crippen LogP contribution in [0.1, 0.15) is 25.3 Å². The molecule has 0 atom stereocenters. The van der Waals surface area contributed by atoms with E-state index in [-0.39, 0.29) is 5.75 Å². The van der Waals surface area contributed by atoms with Crippen LogP contribution in [0.2, 0.25) is 0 Å². The number of anilines is 1. The third-order valence-electron chi connectivity index (χ3n) is 3.32. The lowest BCUT2D eigenvalue weighted by molar-refractivity contribution is 0.586. The largest absolute Gasteiger partial charge is 0.313 e. The summed E-state index contributed by atoms with van der Waals surface area (Å²) >= 11 is 0. The van der Waals surface area contributed by atoms with Crippen LogP contribution >= 0.6 is 0 Å². The molecule has 1 aromatic rings. The van der Waals surface area contributed by atoms with Crippen LogP contribution in [0.4, 0.5) is 5.69 Å². The molecule has 2 rings (SSSR count). The molecular weight excluding hydrogens is 260 g/mol. The van der Waals surface area contributed by atoms with Crippen molar-refractivity contribution in [1.82, 2.24) is 5.32 Å². The fourth-order valence-corrected chi connectivity index (χ4v) is 3.47. The minimum absolute atomic E-state index is 0.158. The number of hydrogen-bond acceptors (Lipinski definition) is 3. The molecule has 1 aromatic carbocycles. The molecule has 0 spiro atoms. The first kappa shape index (κ1) is 14.3. The summed E-state index contributed by atoms with van der Waals surface area (Å²) in [6, 6.07) is 8.16. The molecule has 0 heterocycles. The van der Waals surface area contributed by atoms with Gasteiger partial charge in [-0.2, -0.15) is 0 Å². The zero-order valence-electron chi connectivity index (χ0n) is 11.6. The van der Waals surface area contributed by atoms with Crippen LogP contribution in [-0.2, 0) is 10.0 Å². The predicted molar refractivity (Wildman–Crippen MR) is 79.0 cm³/mol. The molecule has 1 aliphatic carbocycles.